The summed E-state index contributed by atoms with van der Waals surface area (Å²) in [5.74, 6) is 0.663. The van der Waals surface area contributed by atoms with E-state index in [0.29, 0.717) is 12.3 Å². The third-order valence-corrected chi connectivity index (χ3v) is 5.78. The van der Waals surface area contributed by atoms with Gasteiger partial charge in [0.2, 0.25) is 15.9 Å². The largest absolute Gasteiger partial charge is 0.339 e. The van der Waals surface area contributed by atoms with Crippen molar-refractivity contribution in [1.29, 1.82) is 0 Å². The van der Waals surface area contributed by atoms with Crippen molar-refractivity contribution >= 4 is 15.9 Å². The first-order valence-corrected chi connectivity index (χ1v) is 9.72. The second-order valence-corrected chi connectivity index (χ2v) is 8.06. The monoisotopic (exact) mass is 338 g/mol. The minimum absolute atomic E-state index is 0.0876. The van der Waals surface area contributed by atoms with Crippen molar-refractivity contribution < 1.29 is 13.2 Å². The smallest absolute Gasteiger partial charge is 0.238 e. The first-order valence-electron chi connectivity index (χ1n) is 8.17. The third-order valence-electron chi connectivity index (χ3n) is 4.85. The van der Waals surface area contributed by atoms with Gasteiger partial charge in [-0.05, 0) is 43.4 Å². The van der Waals surface area contributed by atoms with Crippen molar-refractivity contribution in [3.8, 4) is 0 Å². The molecule has 2 N–H and O–H groups in total. The molecule has 0 spiro atoms. The number of nitrogens with zero attached hydrogens (tertiary/aromatic N) is 1. The zero-order valence-electron chi connectivity index (χ0n) is 13.9. The van der Waals surface area contributed by atoms with Crippen LogP contribution < -0.4 is 5.14 Å². The minimum Gasteiger partial charge on any atom is -0.339 e. The van der Waals surface area contributed by atoms with Crippen LogP contribution in [0.25, 0.3) is 0 Å². The SMILES string of the molecule is CC(c1ccc(S(N)(=O)=O)cc1)N(C)C(=O)CC1CCCCC1. The summed E-state index contributed by atoms with van der Waals surface area (Å²) in [6.45, 7) is 1.95. The number of rotatable bonds is 5. The van der Waals surface area contributed by atoms with Gasteiger partial charge in [-0.25, -0.2) is 13.6 Å². The highest BCUT2D eigenvalue weighted by Gasteiger charge is 2.22. The molecule has 23 heavy (non-hydrogen) atoms. The van der Waals surface area contributed by atoms with Gasteiger partial charge in [0.1, 0.15) is 0 Å². The molecule has 1 fully saturated rings. The lowest BCUT2D eigenvalue weighted by atomic mass is 9.86. The Bertz CT molecular complexity index is 634. The molecule has 0 saturated heterocycles. The lowest BCUT2D eigenvalue weighted by Crippen LogP contribution is -2.31. The van der Waals surface area contributed by atoms with Crippen molar-refractivity contribution in [2.45, 2.75) is 56.4 Å². The van der Waals surface area contributed by atoms with E-state index in [1.807, 2.05) is 14.0 Å². The Morgan fingerprint density at radius 3 is 2.30 bits per heavy atom. The fourth-order valence-corrected chi connectivity index (χ4v) is 3.67. The highest BCUT2D eigenvalue weighted by atomic mass is 32.2. The van der Waals surface area contributed by atoms with Gasteiger partial charge in [0, 0.05) is 13.5 Å². The molecule has 1 aliphatic carbocycles. The molecule has 1 amide bonds. The Morgan fingerprint density at radius 2 is 1.78 bits per heavy atom. The molecule has 1 atom stereocenters. The number of nitrogens with two attached hydrogens (primary N) is 1. The van der Waals surface area contributed by atoms with Crippen LogP contribution in [0.2, 0.25) is 0 Å². The van der Waals surface area contributed by atoms with Gasteiger partial charge < -0.3 is 4.90 Å². The Labute approximate surface area is 138 Å². The van der Waals surface area contributed by atoms with Gasteiger partial charge in [-0.2, -0.15) is 0 Å². The van der Waals surface area contributed by atoms with Gasteiger partial charge in [-0.15, -0.1) is 0 Å². The Morgan fingerprint density at radius 1 is 1.22 bits per heavy atom. The number of benzene rings is 1. The lowest BCUT2D eigenvalue weighted by molar-refractivity contribution is -0.133. The molecule has 1 aliphatic rings. The van der Waals surface area contributed by atoms with E-state index in [1.165, 1.54) is 31.4 Å². The topological polar surface area (TPSA) is 80.5 Å². The first-order chi connectivity index (χ1) is 10.8. The second-order valence-electron chi connectivity index (χ2n) is 6.50. The maximum absolute atomic E-state index is 12.5. The molecule has 2 rings (SSSR count). The summed E-state index contributed by atoms with van der Waals surface area (Å²) in [5, 5.41) is 5.10. The fourth-order valence-electron chi connectivity index (χ4n) is 3.16. The molecule has 1 aromatic rings. The van der Waals surface area contributed by atoms with E-state index < -0.39 is 10.0 Å². The van der Waals surface area contributed by atoms with Crippen LogP contribution in [0.15, 0.2) is 29.2 Å². The van der Waals surface area contributed by atoms with Crippen molar-refractivity contribution in [1.82, 2.24) is 4.90 Å². The van der Waals surface area contributed by atoms with E-state index in [0.717, 1.165) is 18.4 Å². The van der Waals surface area contributed by atoms with Crippen LogP contribution in [-0.4, -0.2) is 26.3 Å². The average molecular weight is 338 g/mol. The summed E-state index contributed by atoms with van der Waals surface area (Å²) in [4.78, 5) is 14.3. The predicted molar refractivity (Wildman–Crippen MR) is 90.2 cm³/mol. The summed E-state index contributed by atoms with van der Waals surface area (Å²) in [5.41, 5.74) is 0.900. The summed E-state index contributed by atoms with van der Waals surface area (Å²) in [6, 6.07) is 6.31. The zero-order chi connectivity index (χ0) is 17.0. The van der Waals surface area contributed by atoms with Crippen LogP contribution in [0.3, 0.4) is 0 Å². The molecule has 128 valence electrons. The van der Waals surface area contributed by atoms with Gasteiger partial charge in [0.05, 0.1) is 10.9 Å². The van der Waals surface area contributed by atoms with E-state index in [9.17, 15) is 13.2 Å². The summed E-state index contributed by atoms with van der Waals surface area (Å²) in [7, 11) is -1.87. The number of carbonyl (C=O) groups is 1. The Balaban J connectivity index is 2.00. The number of primary sulfonamides is 1. The van der Waals surface area contributed by atoms with Crippen LogP contribution in [-0.2, 0) is 14.8 Å². The van der Waals surface area contributed by atoms with Gasteiger partial charge >= 0.3 is 0 Å². The molecular weight excluding hydrogens is 312 g/mol. The molecule has 1 aromatic carbocycles. The number of hydrogen-bond acceptors (Lipinski definition) is 3. The van der Waals surface area contributed by atoms with Crippen molar-refractivity contribution in [3.05, 3.63) is 29.8 Å². The van der Waals surface area contributed by atoms with Gasteiger partial charge in [0.25, 0.3) is 0 Å². The van der Waals surface area contributed by atoms with Crippen molar-refractivity contribution in [2.24, 2.45) is 11.1 Å². The normalized spacial score (nSPS) is 17.7. The van der Waals surface area contributed by atoms with E-state index in [4.69, 9.17) is 5.14 Å². The van der Waals surface area contributed by atoms with Crippen LogP contribution in [0.4, 0.5) is 0 Å². The number of amides is 1. The number of hydrogen-bond donors (Lipinski definition) is 1. The number of sulfonamides is 1. The molecule has 1 saturated carbocycles. The van der Waals surface area contributed by atoms with Crippen LogP contribution >= 0.6 is 0 Å². The molecule has 1 unspecified atom stereocenters. The minimum atomic E-state index is -3.68. The molecule has 0 bridgehead atoms. The zero-order valence-corrected chi connectivity index (χ0v) is 14.7. The van der Waals surface area contributed by atoms with Crippen molar-refractivity contribution in [3.63, 3.8) is 0 Å². The quantitative estimate of drug-likeness (QED) is 0.896. The Kier molecular flexibility index (Phi) is 5.81. The van der Waals surface area contributed by atoms with E-state index >= 15 is 0 Å². The molecule has 0 radical (unpaired) electrons. The van der Waals surface area contributed by atoms with Gasteiger partial charge in [-0.1, -0.05) is 31.4 Å². The highest BCUT2D eigenvalue weighted by Crippen LogP contribution is 2.28. The third kappa shape index (κ3) is 4.78. The van der Waals surface area contributed by atoms with E-state index in [2.05, 4.69) is 0 Å². The molecule has 0 aliphatic heterocycles. The number of carbonyl (C=O) groups excluding carboxylic acids is 1. The maximum atomic E-state index is 12.5. The van der Waals surface area contributed by atoms with Crippen molar-refractivity contribution in [2.75, 3.05) is 7.05 Å². The second kappa shape index (κ2) is 7.45. The average Bonchev–Trinajstić information content (AvgIpc) is 2.53. The molecule has 0 heterocycles. The van der Waals surface area contributed by atoms with Gasteiger partial charge in [-0.3, -0.25) is 4.79 Å². The van der Waals surface area contributed by atoms with E-state index in [-0.39, 0.29) is 16.8 Å². The van der Waals surface area contributed by atoms with E-state index in [1.54, 1.807) is 17.0 Å². The highest BCUT2D eigenvalue weighted by molar-refractivity contribution is 7.89. The fraction of sp³-hybridized carbons (Fsp3) is 0.588. The summed E-state index contributed by atoms with van der Waals surface area (Å²) in [6.07, 6.45) is 6.65. The van der Waals surface area contributed by atoms with Crippen LogP contribution in [0.1, 0.15) is 57.1 Å². The summed E-state index contributed by atoms with van der Waals surface area (Å²) < 4.78 is 22.6. The first kappa shape index (κ1) is 17.9. The van der Waals surface area contributed by atoms with Crippen LogP contribution in [0.5, 0.6) is 0 Å². The van der Waals surface area contributed by atoms with Gasteiger partial charge in [0.15, 0.2) is 0 Å². The predicted octanol–water partition coefficient (Wildman–Crippen LogP) is 2.82. The molecule has 5 nitrogen and oxygen atoms in total. The molecule has 6 heteroatoms. The maximum Gasteiger partial charge on any atom is 0.238 e. The molecule has 0 aromatic heterocycles. The van der Waals surface area contributed by atoms with Crippen LogP contribution in [0, 0.1) is 5.92 Å². The standard InChI is InChI=1S/C17H26N2O3S/c1-13(15-8-10-16(11-9-15)23(18,21)22)19(2)17(20)12-14-6-4-3-5-7-14/h8-11,13-14H,3-7,12H2,1-2H3,(H2,18,21,22). The Hall–Kier alpha value is -1.40. The summed E-state index contributed by atoms with van der Waals surface area (Å²) >= 11 is 0. The lowest BCUT2D eigenvalue weighted by Gasteiger charge is -2.28. The molecular formula is C17H26N2O3S.